The zero-order valence-corrected chi connectivity index (χ0v) is 18.7. The maximum absolute atomic E-state index is 13.2. The highest BCUT2D eigenvalue weighted by atomic mass is 16.6. The van der Waals surface area contributed by atoms with Crippen LogP contribution in [0.25, 0.3) is 0 Å². The first-order valence-corrected chi connectivity index (χ1v) is 11.4. The summed E-state index contributed by atoms with van der Waals surface area (Å²) in [7, 11) is 0. The fourth-order valence-electron chi connectivity index (χ4n) is 7.19. The highest BCUT2D eigenvalue weighted by molar-refractivity contribution is 6.01. The molecule has 0 spiro atoms. The predicted molar refractivity (Wildman–Crippen MR) is 117 cm³/mol. The minimum atomic E-state index is -1.56. The molecular formula is C26H28O7. The van der Waals surface area contributed by atoms with Crippen molar-refractivity contribution in [3.05, 3.63) is 60.1 Å². The van der Waals surface area contributed by atoms with Crippen molar-refractivity contribution in [1.82, 2.24) is 0 Å². The van der Waals surface area contributed by atoms with Gasteiger partial charge in [-0.05, 0) is 61.0 Å². The van der Waals surface area contributed by atoms with E-state index in [1.54, 1.807) is 18.2 Å². The number of carbonyl (C=O) groups is 3. The van der Waals surface area contributed by atoms with Crippen molar-refractivity contribution < 1.29 is 33.8 Å². The monoisotopic (exact) mass is 452 g/mol. The van der Waals surface area contributed by atoms with Crippen LogP contribution in [0.5, 0.6) is 0 Å². The fraction of sp³-hybridized carbons (Fsp3) is 0.500. The Morgan fingerprint density at radius 3 is 2.76 bits per heavy atom. The van der Waals surface area contributed by atoms with E-state index < -0.39 is 40.9 Å². The van der Waals surface area contributed by atoms with E-state index in [1.807, 2.05) is 32.1 Å². The van der Waals surface area contributed by atoms with Gasteiger partial charge in [0.1, 0.15) is 6.61 Å². The van der Waals surface area contributed by atoms with Gasteiger partial charge in [0.2, 0.25) is 11.5 Å². The molecule has 1 heterocycles. The lowest BCUT2D eigenvalue weighted by Crippen LogP contribution is -2.62. The van der Waals surface area contributed by atoms with E-state index in [-0.39, 0.29) is 42.1 Å². The molecule has 33 heavy (non-hydrogen) atoms. The number of allylic oxidation sites excluding steroid dienone is 6. The molecule has 7 atom stereocenters. The van der Waals surface area contributed by atoms with E-state index in [1.165, 1.54) is 12.3 Å². The second-order valence-corrected chi connectivity index (χ2v) is 10.2. The van der Waals surface area contributed by atoms with Crippen LogP contribution in [0.2, 0.25) is 0 Å². The van der Waals surface area contributed by atoms with Gasteiger partial charge in [-0.1, -0.05) is 32.1 Å². The summed E-state index contributed by atoms with van der Waals surface area (Å²) in [4.78, 5) is 38.0. The van der Waals surface area contributed by atoms with E-state index in [4.69, 9.17) is 9.15 Å². The molecule has 0 saturated heterocycles. The molecule has 174 valence electrons. The Bertz CT molecular complexity index is 1100. The lowest BCUT2D eigenvalue weighted by molar-refractivity contribution is -0.174. The van der Waals surface area contributed by atoms with Crippen LogP contribution < -0.4 is 0 Å². The van der Waals surface area contributed by atoms with E-state index in [0.717, 1.165) is 5.57 Å². The van der Waals surface area contributed by atoms with Crippen molar-refractivity contribution >= 4 is 17.5 Å². The summed E-state index contributed by atoms with van der Waals surface area (Å²) < 4.78 is 11.1. The molecule has 1 aromatic heterocycles. The van der Waals surface area contributed by atoms with Crippen molar-refractivity contribution in [2.24, 2.45) is 28.6 Å². The van der Waals surface area contributed by atoms with E-state index in [0.29, 0.717) is 6.42 Å². The van der Waals surface area contributed by atoms with E-state index >= 15 is 0 Å². The van der Waals surface area contributed by atoms with Crippen molar-refractivity contribution in [2.45, 2.75) is 44.8 Å². The van der Waals surface area contributed by atoms with Crippen LogP contribution in [0.1, 0.15) is 43.7 Å². The standard InChI is InChI=1S/C26H28O7/c1-24-9-7-16(28)12-15(24)5-6-17-18-8-10-26(21(30)14-27,25(18,2)13-19(29)22(17)24)33-23(31)20-4-3-11-32-20/h3-7,9,11-12,17-19,22,27,29H,8,10,13-14H2,1-2H3/t17-,18-,19?,22+,24-,25-,26-/m0/s1. The largest absolute Gasteiger partial charge is 0.457 e. The average Bonchev–Trinajstić information content (AvgIpc) is 3.41. The van der Waals surface area contributed by atoms with Crippen LogP contribution in [0.3, 0.4) is 0 Å². The Morgan fingerprint density at radius 1 is 1.27 bits per heavy atom. The summed E-state index contributed by atoms with van der Waals surface area (Å²) in [6, 6.07) is 3.03. The Labute approximate surface area is 191 Å². The molecule has 7 nitrogen and oxygen atoms in total. The summed E-state index contributed by atoms with van der Waals surface area (Å²) >= 11 is 0. The molecule has 2 fully saturated rings. The molecule has 0 bridgehead atoms. The molecule has 2 saturated carbocycles. The van der Waals surface area contributed by atoms with Gasteiger partial charge in [0, 0.05) is 16.7 Å². The van der Waals surface area contributed by atoms with Gasteiger partial charge < -0.3 is 19.4 Å². The number of Topliss-reactive ketones (excluding diaryl/α,β-unsaturated/α-hetero) is 1. The average molecular weight is 453 g/mol. The van der Waals surface area contributed by atoms with Crippen molar-refractivity contribution in [2.75, 3.05) is 6.61 Å². The summed E-state index contributed by atoms with van der Waals surface area (Å²) in [5, 5.41) is 21.3. The Kier molecular flexibility index (Phi) is 4.92. The molecule has 5 rings (SSSR count). The van der Waals surface area contributed by atoms with Gasteiger partial charge >= 0.3 is 5.97 Å². The minimum absolute atomic E-state index is 0.0155. The number of ketones is 2. The smallest absolute Gasteiger partial charge is 0.375 e. The van der Waals surface area contributed by atoms with Crippen LogP contribution in [0.15, 0.2) is 58.8 Å². The van der Waals surface area contributed by atoms with Crippen molar-refractivity contribution in [3.63, 3.8) is 0 Å². The molecule has 0 aliphatic heterocycles. The van der Waals surface area contributed by atoms with Gasteiger partial charge in [-0.3, -0.25) is 9.59 Å². The van der Waals surface area contributed by atoms with Gasteiger partial charge in [0.05, 0.1) is 12.4 Å². The molecule has 2 N–H and O–H groups in total. The fourth-order valence-corrected chi connectivity index (χ4v) is 7.19. The molecule has 0 radical (unpaired) electrons. The van der Waals surface area contributed by atoms with Crippen LogP contribution in [-0.4, -0.2) is 46.1 Å². The minimum Gasteiger partial charge on any atom is -0.457 e. The topological polar surface area (TPSA) is 114 Å². The molecule has 0 amide bonds. The molecule has 4 aliphatic rings. The number of rotatable bonds is 4. The lowest BCUT2D eigenvalue weighted by atomic mass is 9.48. The zero-order chi connectivity index (χ0) is 23.6. The van der Waals surface area contributed by atoms with Crippen molar-refractivity contribution in [1.29, 1.82) is 0 Å². The quantitative estimate of drug-likeness (QED) is 0.675. The number of esters is 1. The normalized spacial score (nSPS) is 41.1. The highest BCUT2D eigenvalue weighted by Crippen LogP contribution is 2.66. The van der Waals surface area contributed by atoms with Gasteiger partial charge in [0.15, 0.2) is 11.4 Å². The van der Waals surface area contributed by atoms with Gasteiger partial charge in [-0.25, -0.2) is 4.79 Å². The number of fused-ring (bicyclic) bond motifs is 5. The van der Waals surface area contributed by atoms with E-state index in [9.17, 15) is 24.6 Å². The second-order valence-electron chi connectivity index (χ2n) is 10.2. The van der Waals surface area contributed by atoms with Crippen LogP contribution >= 0.6 is 0 Å². The van der Waals surface area contributed by atoms with Gasteiger partial charge in [-0.2, -0.15) is 0 Å². The molecule has 4 aliphatic carbocycles. The number of hydrogen-bond acceptors (Lipinski definition) is 7. The third-order valence-corrected chi connectivity index (χ3v) is 8.76. The third-order valence-electron chi connectivity index (χ3n) is 8.76. The molecule has 7 heteroatoms. The first-order valence-electron chi connectivity index (χ1n) is 11.4. The van der Waals surface area contributed by atoms with Gasteiger partial charge in [-0.15, -0.1) is 0 Å². The van der Waals surface area contributed by atoms with Crippen LogP contribution in [-0.2, 0) is 14.3 Å². The number of carbonyl (C=O) groups excluding carboxylic acids is 3. The Hall–Kier alpha value is -2.77. The van der Waals surface area contributed by atoms with E-state index in [2.05, 4.69) is 0 Å². The number of furan rings is 1. The zero-order valence-electron chi connectivity index (χ0n) is 18.7. The first kappa shape index (κ1) is 22.0. The summed E-state index contributed by atoms with van der Waals surface area (Å²) in [5.41, 5.74) is -2.08. The summed E-state index contributed by atoms with van der Waals surface area (Å²) in [6.45, 7) is 3.16. The number of aliphatic hydroxyl groups excluding tert-OH is 2. The Balaban J connectivity index is 1.57. The SMILES string of the molecule is C[C@]12C=CC(=O)C=C1C=C[C@@H]1[C@@H]2C(O)C[C@@]2(C)[C@H]1CC[C@]2(OC(=O)c1ccco1)C(=O)CO. The third kappa shape index (κ3) is 2.91. The number of hydrogen-bond donors (Lipinski definition) is 2. The Morgan fingerprint density at radius 2 is 2.06 bits per heavy atom. The summed E-state index contributed by atoms with van der Waals surface area (Å²) in [5.74, 6) is -1.74. The first-order chi connectivity index (χ1) is 15.7. The maximum atomic E-state index is 13.2. The summed E-state index contributed by atoms with van der Waals surface area (Å²) in [6.07, 6.45) is 10.7. The lowest BCUT2D eigenvalue weighted by Gasteiger charge is -2.58. The highest BCUT2D eigenvalue weighted by Gasteiger charge is 2.70. The second kappa shape index (κ2) is 7.37. The number of ether oxygens (including phenoxy) is 1. The molecular weight excluding hydrogens is 424 g/mol. The van der Waals surface area contributed by atoms with Crippen LogP contribution in [0.4, 0.5) is 0 Å². The van der Waals surface area contributed by atoms with Gasteiger partial charge in [0.25, 0.3) is 0 Å². The maximum Gasteiger partial charge on any atom is 0.375 e. The van der Waals surface area contributed by atoms with Crippen LogP contribution in [0, 0.1) is 28.6 Å². The molecule has 0 aromatic carbocycles. The van der Waals surface area contributed by atoms with Crippen molar-refractivity contribution in [3.8, 4) is 0 Å². The molecule has 1 aromatic rings. The predicted octanol–water partition coefficient (Wildman–Crippen LogP) is 2.79. The number of aliphatic hydroxyl groups is 2. The molecule has 1 unspecified atom stereocenters.